The van der Waals surface area contributed by atoms with Crippen LogP contribution in [0.5, 0.6) is 5.75 Å². The van der Waals surface area contributed by atoms with E-state index in [0.29, 0.717) is 12.1 Å². The molecule has 0 saturated heterocycles. The van der Waals surface area contributed by atoms with Crippen molar-refractivity contribution in [3.63, 3.8) is 0 Å². The van der Waals surface area contributed by atoms with Crippen LogP contribution in [0.4, 0.5) is 10.1 Å². The minimum atomic E-state index is -0.532. The molecule has 4 N–H and O–H groups in total. The molecule has 0 aliphatic rings. The van der Waals surface area contributed by atoms with Crippen LogP contribution in [0.3, 0.4) is 0 Å². The van der Waals surface area contributed by atoms with E-state index < -0.39 is 11.7 Å². The van der Waals surface area contributed by atoms with Crippen molar-refractivity contribution in [3.05, 3.63) is 59.9 Å². The summed E-state index contributed by atoms with van der Waals surface area (Å²) in [6, 6.07) is 12.4. The summed E-state index contributed by atoms with van der Waals surface area (Å²) in [5.74, 6) is -1.09. The van der Waals surface area contributed by atoms with Crippen molar-refractivity contribution in [1.82, 2.24) is 5.32 Å². The molecule has 2 aromatic carbocycles. The maximum absolute atomic E-state index is 13.6. The first-order chi connectivity index (χ1) is 13.5. The number of hydrogen-bond donors (Lipinski definition) is 3. The Labute approximate surface area is 164 Å². The van der Waals surface area contributed by atoms with Crippen LogP contribution in [-0.4, -0.2) is 31.0 Å². The van der Waals surface area contributed by atoms with E-state index in [2.05, 4.69) is 17.6 Å². The summed E-state index contributed by atoms with van der Waals surface area (Å²) in [6.45, 7) is 2.07. The van der Waals surface area contributed by atoms with Crippen LogP contribution >= 0.6 is 0 Å². The average molecular weight is 387 g/mol. The van der Waals surface area contributed by atoms with Crippen molar-refractivity contribution < 1.29 is 18.7 Å². The summed E-state index contributed by atoms with van der Waals surface area (Å²) >= 11 is 0. The van der Waals surface area contributed by atoms with E-state index in [1.807, 2.05) is 0 Å². The highest BCUT2D eigenvalue weighted by Gasteiger charge is 2.17. The van der Waals surface area contributed by atoms with Crippen LogP contribution in [0.2, 0.25) is 0 Å². The molecule has 150 valence electrons. The number of carbonyl (C=O) groups is 2. The van der Waals surface area contributed by atoms with Crippen LogP contribution in [0, 0.1) is 5.82 Å². The van der Waals surface area contributed by atoms with Gasteiger partial charge in [0, 0.05) is 12.6 Å². The zero-order valence-electron chi connectivity index (χ0n) is 15.9. The molecule has 1 unspecified atom stereocenters. The van der Waals surface area contributed by atoms with Gasteiger partial charge in [-0.1, -0.05) is 44.0 Å². The first kappa shape index (κ1) is 21.4. The van der Waals surface area contributed by atoms with E-state index in [-0.39, 0.29) is 30.0 Å². The Kier molecular flexibility index (Phi) is 8.42. The standard InChI is InChI=1S/C21H26FN3O3/c1-2-3-8-15(13-23)24-21(27)16-9-4-7-12-19(16)28-14-20(26)25-18-11-6-5-10-17(18)22/h4-7,9-12,15H,2-3,8,13-14,23H2,1H3,(H,24,27)(H,25,26). The molecule has 0 fully saturated rings. The number of carbonyl (C=O) groups excluding carboxylic acids is 2. The Morgan fingerprint density at radius 1 is 1.14 bits per heavy atom. The van der Waals surface area contributed by atoms with Crippen molar-refractivity contribution in [2.75, 3.05) is 18.5 Å². The molecule has 28 heavy (non-hydrogen) atoms. The number of ether oxygens (including phenoxy) is 1. The van der Waals surface area contributed by atoms with Crippen LogP contribution in [0.25, 0.3) is 0 Å². The Bertz CT molecular complexity index is 798. The molecular formula is C21H26FN3O3. The predicted octanol–water partition coefficient (Wildman–Crippen LogP) is 3.09. The van der Waals surface area contributed by atoms with Gasteiger partial charge in [-0.05, 0) is 30.7 Å². The second kappa shape index (κ2) is 11.0. The largest absolute Gasteiger partial charge is 0.483 e. The second-order valence-corrected chi connectivity index (χ2v) is 6.36. The molecule has 0 aliphatic carbocycles. The highest BCUT2D eigenvalue weighted by Crippen LogP contribution is 2.19. The summed E-state index contributed by atoms with van der Waals surface area (Å²) in [5, 5.41) is 5.34. The van der Waals surface area contributed by atoms with Gasteiger partial charge in [-0.15, -0.1) is 0 Å². The van der Waals surface area contributed by atoms with Crippen molar-refractivity contribution >= 4 is 17.5 Å². The van der Waals surface area contributed by atoms with E-state index in [4.69, 9.17) is 10.5 Å². The fraction of sp³-hybridized carbons (Fsp3) is 0.333. The van der Waals surface area contributed by atoms with Gasteiger partial charge < -0.3 is 21.1 Å². The van der Waals surface area contributed by atoms with Crippen LogP contribution in [0.1, 0.15) is 36.5 Å². The van der Waals surface area contributed by atoms with Gasteiger partial charge in [-0.3, -0.25) is 9.59 Å². The van der Waals surface area contributed by atoms with Crippen molar-refractivity contribution in [2.24, 2.45) is 5.73 Å². The second-order valence-electron chi connectivity index (χ2n) is 6.36. The Hall–Kier alpha value is -2.93. The highest BCUT2D eigenvalue weighted by molar-refractivity contribution is 5.97. The molecule has 2 aromatic rings. The lowest BCUT2D eigenvalue weighted by Crippen LogP contribution is -2.40. The monoisotopic (exact) mass is 387 g/mol. The summed E-state index contributed by atoms with van der Waals surface area (Å²) in [4.78, 5) is 24.6. The normalized spacial score (nSPS) is 11.5. The fourth-order valence-corrected chi connectivity index (χ4v) is 2.63. The number of unbranched alkanes of at least 4 members (excludes halogenated alkanes) is 1. The number of nitrogens with one attached hydrogen (secondary N) is 2. The minimum Gasteiger partial charge on any atom is -0.483 e. The van der Waals surface area contributed by atoms with E-state index >= 15 is 0 Å². The number of anilines is 1. The maximum atomic E-state index is 13.6. The first-order valence-electron chi connectivity index (χ1n) is 9.32. The van der Waals surface area contributed by atoms with Crippen LogP contribution < -0.4 is 21.1 Å². The van der Waals surface area contributed by atoms with E-state index in [9.17, 15) is 14.0 Å². The van der Waals surface area contributed by atoms with Crippen LogP contribution in [0.15, 0.2) is 48.5 Å². The SMILES string of the molecule is CCCCC(CN)NC(=O)c1ccccc1OCC(=O)Nc1ccccc1F. The molecule has 0 saturated carbocycles. The number of amides is 2. The summed E-state index contributed by atoms with van der Waals surface area (Å²) in [7, 11) is 0. The molecule has 0 aliphatic heterocycles. The van der Waals surface area contributed by atoms with Gasteiger partial charge in [-0.25, -0.2) is 4.39 Å². The van der Waals surface area contributed by atoms with Gasteiger partial charge in [0.05, 0.1) is 11.3 Å². The first-order valence-corrected chi connectivity index (χ1v) is 9.32. The lowest BCUT2D eigenvalue weighted by Gasteiger charge is -2.18. The molecule has 0 aromatic heterocycles. The Morgan fingerprint density at radius 2 is 1.86 bits per heavy atom. The van der Waals surface area contributed by atoms with E-state index in [1.165, 1.54) is 18.2 Å². The number of rotatable bonds is 10. The Balaban J connectivity index is 1.98. The Morgan fingerprint density at radius 3 is 2.57 bits per heavy atom. The lowest BCUT2D eigenvalue weighted by atomic mass is 10.1. The molecule has 2 rings (SSSR count). The zero-order valence-corrected chi connectivity index (χ0v) is 15.9. The number of hydrogen-bond acceptors (Lipinski definition) is 4. The molecule has 0 bridgehead atoms. The zero-order chi connectivity index (χ0) is 20.4. The topological polar surface area (TPSA) is 93.4 Å². The van der Waals surface area contributed by atoms with Gasteiger partial charge in [0.25, 0.3) is 11.8 Å². The molecule has 2 amide bonds. The molecule has 0 heterocycles. The molecular weight excluding hydrogens is 361 g/mol. The van der Waals surface area contributed by atoms with Gasteiger partial charge in [-0.2, -0.15) is 0 Å². The third kappa shape index (κ3) is 6.35. The average Bonchev–Trinajstić information content (AvgIpc) is 2.71. The quantitative estimate of drug-likeness (QED) is 0.584. The van der Waals surface area contributed by atoms with Gasteiger partial charge >= 0.3 is 0 Å². The van der Waals surface area contributed by atoms with E-state index in [1.54, 1.807) is 30.3 Å². The highest BCUT2D eigenvalue weighted by atomic mass is 19.1. The fourth-order valence-electron chi connectivity index (χ4n) is 2.63. The number of benzene rings is 2. The van der Waals surface area contributed by atoms with Crippen LogP contribution in [-0.2, 0) is 4.79 Å². The molecule has 0 radical (unpaired) electrons. The molecule has 0 spiro atoms. The molecule has 6 nitrogen and oxygen atoms in total. The third-order valence-electron chi connectivity index (χ3n) is 4.16. The summed E-state index contributed by atoms with van der Waals surface area (Å²) in [6.07, 6.45) is 2.78. The van der Waals surface area contributed by atoms with Crippen molar-refractivity contribution in [2.45, 2.75) is 32.2 Å². The summed E-state index contributed by atoms with van der Waals surface area (Å²) < 4.78 is 19.1. The number of nitrogens with two attached hydrogens (primary N) is 1. The smallest absolute Gasteiger partial charge is 0.262 e. The maximum Gasteiger partial charge on any atom is 0.262 e. The van der Waals surface area contributed by atoms with Gasteiger partial charge in [0.15, 0.2) is 6.61 Å². The van der Waals surface area contributed by atoms with Crippen molar-refractivity contribution in [3.8, 4) is 5.75 Å². The number of para-hydroxylation sites is 2. The molecule has 1 atom stereocenters. The predicted molar refractivity (Wildman–Crippen MR) is 107 cm³/mol. The number of halogens is 1. The van der Waals surface area contributed by atoms with Gasteiger partial charge in [0.2, 0.25) is 0 Å². The van der Waals surface area contributed by atoms with Gasteiger partial charge in [0.1, 0.15) is 11.6 Å². The summed E-state index contributed by atoms with van der Waals surface area (Å²) in [5.41, 5.74) is 6.12. The molecule has 7 heteroatoms. The van der Waals surface area contributed by atoms with E-state index in [0.717, 1.165) is 19.3 Å². The lowest BCUT2D eigenvalue weighted by molar-refractivity contribution is -0.118. The third-order valence-corrected chi connectivity index (χ3v) is 4.16. The minimum absolute atomic E-state index is 0.0730. The van der Waals surface area contributed by atoms with Crippen molar-refractivity contribution in [1.29, 1.82) is 0 Å².